The van der Waals surface area contributed by atoms with Crippen LogP contribution < -0.4 is 10.2 Å². The molecule has 2 fully saturated rings. The van der Waals surface area contributed by atoms with Gasteiger partial charge in [0.1, 0.15) is 5.82 Å². The third kappa shape index (κ3) is 2.41. The maximum Gasteiger partial charge on any atom is 0.235 e. The fraction of sp³-hybridized carbons (Fsp3) is 0.312. The van der Waals surface area contributed by atoms with Gasteiger partial charge >= 0.3 is 0 Å². The number of nitrogens with zero attached hydrogens (tertiary/aromatic N) is 2. The Morgan fingerprint density at radius 1 is 1.26 bits per heavy atom. The van der Waals surface area contributed by atoms with Crippen molar-refractivity contribution in [3.63, 3.8) is 0 Å². The van der Waals surface area contributed by atoms with Crippen LogP contribution in [0.3, 0.4) is 0 Å². The third-order valence-electron chi connectivity index (χ3n) is 4.49. The maximum absolute atomic E-state index is 13.0. The van der Waals surface area contributed by atoms with Crippen molar-refractivity contribution in [3.8, 4) is 11.3 Å². The van der Waals surface area contributed by atoms with Crippen molar-refractivity contribution in [2.75, 3.05) is 18.0 Å². The molecule has 1 aromatic carbocycles. The molecule has 23 heavy (non-hydrogen) atoms. The van der Waals surface area contributed by atoms with Gasteiger partial charge in [-0.1, -0.05) is 0 Å². The van der Waals surface area contributed by atoms with Gasteiger partial charge in [-0.05, 0) is 30.7 Å². The van der Waals surface area contributed by atoms with Gasteiger partial charge < -0.3 is 4.90 Å². The molecule has 0 bridgehead atoms. The summed E-state index contributed by atoms with van der Waals surface area (Å²) in [5.74, 6) is -0.633. The van der Waals surface area contributed by atoms with Crippen molar-refractivity contribution in [1.29, 1.82) is 0 Å². The summed E-state index contributed by atoms with van der Waals surface area (Å²) in [5.41, 5.74) is 1.05. The highest BCUT2D eigenvalue weighted by molar-refractivity contribution is 7.14. The van der Waals surface area contributed by atoms with E-state index in [0.29, 0.717) is 19.5 Å². The molecule has 2 saturated heterocycles. The van der Waals surface area contributed by atoms with Gasteiger partial charge in [0, 0.05) is 30.5 Å². The van der Waals surface area contributed by atoms with E-state index in [1.54, 1.807) is 12.1 Å². The maximum atomic E-state index is 13.0. The lowest BCUT2D eigenvalue weighted by molar-refractivity contribution is -0.127. The molecular weight excluding hydrogens is 317 g/mol. The summed E-state index contributed by atoms with van der Waals surface area (Å²) < 4.78 is 13.0. The largest absolute Gasteiger partial charge is 0.347 e. The number of nitrogens with one attached hydrogen (secondary N) is 1. The van der Waals surface area contributed by atoms with Gasteiger partial charge in [-0.3, -0.25) is 14.9 Å². The number of anilines is 1. The first-order valence-electron chi connectivity index (χ1n) is 7.36. The molecule has 4 rings (SSSR count). The lowest BCUT2D eigenvalue weighted by Crippen LogP contribution is -2.34. The first-order chi connectivity index (χ1) is 11.1. The van der Waals surface area contributed by atoms with E-state index in [-0.39, 0.29) is 24.1 Å². The molecule has 118 valence electrons. The average Bonchev–Trinajstić information content (AvgIpc) is 3.20. The summed E-state index contributed by atoms with van der Waals surface area (Å²) in [6.45, 7) is 1.22. The van der Waals surface area contributed by atoms with E-state index in [4.69, 9.17) is 0 Å². The molecule has 1 N–H and O–H groups in total. The Morgan fingerprint density at radius 2 is 2.04 bits per heavy atom. The molecule has 0 saturated carbocycles. The second kappa shape index (κ2) is 5.13. The third-order valence-corrected chi connectivity index (χ3v) is 5.39. The Hall–Kier alpha value is -2.28. The highest BCUT2D eigenvalue weighted by Gasteiger charge is 2.51. The highest BCUT2D eigenvalue weighted by Crippen LogP contribution is 2.40. The number of hydrogen-bond donors (Lipinski definition) is 1. The van der Waals surface area contributed by atoms with E-state index in [9.17, 15) is 14.0 Å². The number of rotatable bonds is 2. The van der Waals surface area contributed by atoms with Gasteiger partial charge in [0.2, 0.25) is 11.8 Å². The van der Waals surface area contributed by atoms with Gasteiger partial charge in [-0.25, -0.2) is 9.37 Å². The number of carbonyl (C=O) groups excluding carboxylic acids is 2. The number of benzene rings is 1. The molecule has 0 unspecified atom stereocenters. The monoisotopic (exact) mass is 331 g/mol. The fourth-order valence-electron chi connectivity index (χ4n) is 3.22. The lowest BCUT2D eigenvalue weighted by atomic mass is 9.85. The Labute approximate surface area is 136 Å². The molecule has 0 radical (unpaired) electrons. The van der Waals surface area contributed by atoms with Gasteiger partial charge in [0.15, 0.2) is 5.13 Å². The SMILES string of the molecule is O=C1C[C@@]2(CCN(c3nc(-c4ccc(F)cc4)cs3)C2)C(=O)N1. The summed E-state index contributed by atoms with van der Waals surface area (Å²) in [4.78, 5) is 30.2. The topological polar surface area (TPSA) is 62.3 Å². The summed E-state index contributed by atoms with van der Waals surface area (Å²) in [6.07, 6.45) is 0.925. The van der Waals surface area contributed by atoms with Crippen molar-refractivity contribution in [3.05, 3.63) is 35.5 Å². The molecule has 0 aliphatic carbocycles. The standard InChI is InChI=1S/C16H14FN3O2S/c17-11-3-1-10(2-4-11)12-8-23-15(18-12)20-6-5-16(9-20)7-13(21)19-14(16)22/h1-4,8H,5-7,9H2,(H,19,21,22)/t16-/m1/s1. The van der Waals surface area contributed by atoms with E-state index in [2.05, 4.69) is 15.2 Å². The Bertz CT molecular complexity index is 789. The molecule has 7 heteroatoms. The molecular formula is C16H14FN3O2S. The molecule has 5 nitrogen and oxygen atoms in total. The van der Waals surface area contributed by atoms with Crippen LogP contribution in [0.5, 0.6) is 0 Å². The van der Waals surface area contributed by atoms with Crippen molar-refractivity contribution >= 4 is 28.3 Å². The van der Waals surface area contributed by atoms with Crippen LogP contribution >= 0.6 is 11.3 Å². The Kier molecular flexibility index (Phi) is 3.19. The predicted octanol–water partition coefficient (Wildman–Crippen LogP) is 2.19. The van der Waals surface area contributed by atoms with Crippen LogP contribution in [0, 0.1) is 11.2 Å². The van der Waals surface area contributed by atoms with E-state index in [1.165, 1.54) is 23.5 Å². The normalized spacial score (nSPS) is 23.8. The van der Waals surface area contributed by atoms with Crippen LogP contribution in [-0.4, -0.2) is 29.9 Å². The van der Waals surface area contributed by atoms with Crippen LogP contribution in [0.1, 0.15) is 12.8 Å². The number of halogens is 1. The fourth-order valence-corrected chi connectivity index (χ4v) is 4.08. The molecule has 1 atom stereocenters. The van der Waals surface area contributed by atoms with E-state index < -0.39 is 5.41 Å². The first kappa shape index (κ1) is 14.3. The van der Waals surface area contributed by atoms with Crippen LogP contribution in [0.25, 0.3) is 11.3 Å². The lowest BCUT2D eigenvalue weighted by Gasteiger charge is -2.19. The summed E-state index contributed by atoms with van der Waals surface area (Å²) >= 11 is 1.49. The quantitative estimate of drug-likeness (QED) is 0.857. The van der Waals surface area contributed by atoms with Crippen molar-refractivity contribution < 1.29 is 14.0 Å². The number of thiazole rings is 1. The van der Waals surface area contributed by atoms with Crippen LogP contribution in [-0.2, 0) is 9.59 Å². The molecule has 1 aromatic heterocycles. The Morgan fingerprint density at radius 3 is 2.74 bits per heavy atom. The number of carbonyl (C=O) groups is 2. The zero-order valence-corrected chi connectivity index (χ0v) is 13.0. The molecule has 3 heterocycles. The van der Waals surface area contributed by atoms with Crippen molar-refractivity contribution in [2.24, 2.45) is 5.41 Å². The van der Waals surface area contributed by atoms with E-state index >= 15 is 0 Å². The smallest absolute Gasteiger partial charge is 0.235 e. The number of imide groups is 1. The number of amides is 2. The van der Waals surface area contributed by atoms with Gasteiger partial charge in [-0.15, -0.1) is 11.3 Å². The van der Waals surface area contributed by atoms with Crippen LogP contribution in [0.15, 0.2) is 29.6 Å². The highest BCUT2D eigenvalue weighted by atomic mass is 32.1. The van der Waals surface area contributed by atoms with E-state index in [0.717, 1.165) is 16.4 Å². The van der Waals surface area contributed by atoms with Crippen molar-refractivity contribution in [2.45, 2.75) is 12.8 Å². The zero-order chi connectivity index (χ0) is 16.0. The first-order valence-corrected chi connectivity index (χ1v) is 8.24. The van der Waals surface area contributed by atoms with Crippen molar-refractivity contribution in [1.82, 2.24) is 10.3 Å². The zero-order valence-electron chi connectivity index (χ0n) is 12.2. The molecule has 2 aromatic rings. The summed E-state index contributed by atoms with van der Waals surface area (Å²) in [5, 5.41) is 5.15. The molecule has 2 aliphatic heterocycles. The van der Waals surface area contributed by atoms with Gasteiger partial charge in [-0.2, -0.15) is 0 Å². The second-order valence-corrected chi connectivity index (χ2v) is 6.86. The minimum atomic E-state index is -0.598. The molecule has 2 amide bonds. The molecule has 2 aliphatic rings. The predicted molar refractivity (Wildman–Crippen MR) is 84.5 cm³/mol. The number of hydrogen-bond acceptors (Lipinski definition) is 5. The Balaban J connectivity index is 1.55. The van der Waals surface area contributed by atoms with Crippen LogP contribution in [0.4, 0.5) is 9.52 Å². The van der Waals surface area contributed by atoms with E-state index in [1.807, 2.05) is 5.38 Å². The van der Waals surface area contributed by atoms with Gasteiger partial charge in [0.25, 0.3) is 0 Å². The number of aromatic nitrogens is 1. The van der Waals surface area contributed by atoms with Gasteiger partial charge in [0.05, 0.1) is 11.1 Å². The molecule has 1 spiro atoms. The summed E-state index contributed by atoms with van der Waals surface area (Å²) in [6, 6.07) is 6.22. The minimum absolute atomic E-state index is 0.166. The van der Waals surface area contributed by atoms with Crippen LogP contribution in [0.2, 0.25) is 0 Å². The minimum Gasteiger partial charge on any atom is -0.347 e. The average molecular weight is 331 g/mol. The summed E-state index contributed by atoms with van der Waals surface area (Å²) in [7, 11) is 0. The second-order valence-electron chi connectivity index (χ2n) is 6.03.